The molecule has 0 aliphatic carbocycles. The molecule has 1 nitrogen and oxygen atoms in total. The van der Waals surface area contributed by atoms with Crippen molar-refractivity contribution >= 4 is 15.9 Å². The van der Waals surface area contributed by atoms with Gasteiger partial charge in [0.25, 0.3) is 0 Å². The smallest absolute Gasteiger partial charge is 0.299 e. The van der Waals surface area contributed by atoms with Crippen LogP contribution in [0.5, 0.6) is 0 Å². The van der Waals surface area contributed by atoms with Crippen LogP contribution in [-0.2, 0) is 12.7 Å². The quantitative estimate of drug-likeness (QED) is 0.757. The highest BCUT2D eigenvalue weighted by atomic mass is 79.9. The van der Waals surface area contributed by atoms with Gasteiger partial charge in [-0.25, -0.2) is 0 Å². The number of likely N-dealkylation sites (tertiary alicyclic amines) is 1. The van der Waals surface area contributed by atoms with Crippen LogP contribution < -0.4 is 0 Å². The Morgan fingerprint density at radius 1 is 1.26 bits per heavy atom. The number of nitrogens with zero attached hydrogens (tertiary/aromatic N) is 1. The highest BCUT2D eigenvalue weighted by molar-refractivity contribution is 9.10. The van der Waals surface area contributed by atoms with E-state index in [2.05, 4.69) is 27.8 Å². The standard InChI is InChI=1S/C14H17BrF3N/c1-10-4-6-19(7-5-10)9-11-2-3-12(8-13(11)15)14(16,17)18/h2-3,8,10H,4-7,9H2,1H3. The number of hydrogen-bond acceptors (Lipinski definition) is 1. The van der Waals surface area contributed by atoms with Gasteiger partial charge in [0.15, 0.2) is 0 Å². The summed E-state index contributed by atoms with van der Waals surface area (Å²) >= 11 is 3.25. The third-order valence-electron chi connectivity index (χ3n) is 3.65. The van der Waals surface area contributed by atoms with Gasteiger partial charge in [-0.15, -0.1) is 0 Å². The summed E-state index contributed by atoms with van der Waals surface area (Å²) < 4.78 is 38.3. The van der Waals surface area contributed by atoms with Gasteiger partial charge in [0.05, 0.1) is 5.56 Å². The second-order valence-corrected chi connectivity index (χ2v) is 6.12. The van der Waals surface area contributed by atoms with E-state index in [1.54, 1.807) is 6.07 Å². The maximum Gasteiger partial charge on any atom is 0.416 e. The Hall–Kier alpha value is -0.550. The molecule has 1 aliphatic rings. The summed E-state index contributed by atoms with van der Waals surface area (Å²) in [5, 5.41) is 0. The summed E-state index contributed by atoms with van der Waals surface area (Å²) in [4.78, 5) is 2.30. The average Bonchev–Trinajstić information content (AvgIpc) is 2.33. The molecule has 1 fully saturated rings. The Morgan fingerprint density at radius 3 is 2.42 bits per heavy atom. The van der Waals surface area contributed by atoms with Gasteiger partial charge in [-0.05, 0) is 49.5 Å². The van der Waals surface area contributed by atoms with Gasteiger partial charge in [0.2, 0.25) is 0 Å². The SMILES string of the molecule is CC1CCN(Cc2ccc(C(F)(F)F)cc2Br)CC1. The predicted octanol–water partition coefficient (Wildman–Crippen LogP) is 4.70. The van der Waals surface area contributed by atoms with Gasteiger partial charge in [-0.3, -0.25) is 4.90 Å². The molecule has 0 aromatic heterocycles. The third kappa shape index (κ3) is 3.96. The second-order valence-electron chi connectivity index (χ2n) is 5.26. The molecule has 0 N–H and O–H groups in total. The molecule has 0 amide bonds. The zero-order valence-electron chi connectivity index (χ0n) is 10.8. The molecule has 1 aromatic rings. The lowest BCUT2D eigenvalue weighted by atomic mass is 9.99. The van der Waals surface area contributed by atoms with Gasteiger partial charge in [-0.2, -0.15) is 13.2 Å². The van der Waals surface area contributed by atoms with Crippen LogP contribution in [0.25, 0.3) is 0 Å². The molecule has 0 unspecified atom stereocenters. The van der Waals surface area contributed by atoms with Gasteiger partial charge >= 0.3 is 6.18 Å². The molecule has 19 heavy (non-hydrogen) atoms. The number of halogens is 4. The maximum absolute atomic E-state index is 12.6. The molecule has 0 radical (unpaired) electrons. The molecule has 5 heteroatoms. The molecule has 1 saturated heterocycles. The fraction of sp³-hybridized carbons (Fsp3) is 0.571. The number of piperidine rings is 1. The second kappa shape index (κ2) is 5.83. The normalized spacial score (nSPS) is 18.8. The summed E-state index contributed by atoms with van der Waals surface area (Å²) in [5.41, 5.74) is 0.318. The van der Waals surface area contributed by atoms with Crippen LogP contribution in [0.2, 0.25) is 0 Å². The fourth-order valence-electron chi connectivity index (χ4n) is 2.31. The summed E-state index contributed by atoms with van der Waals surface area (Å²) in [6.45, 7) is 5.00. The Labute approximate surface area is 119 Å². The van der Waals surface area contributed by atoms with Gasteiger partial charge in [0.1, 0.15) is 0 Å². The lowest BCUT2D eigenvalue weighted by Crippen LogP contribution is -2.32. The lowest BCUT2D eigenvalue weighted by Gasteiger charge is -2.30. The summed E-state index contributed by atoms with van der Waals surface area (Å²) in [7, 11) is 0. The number of rotatable bonds is 2. The minimum Gasteiger partial charge on any atom is -0.299 e. The Bertz CT molecular complexity index is 437. The Kier molecular flexibility index (Phi) is 4.56. The summed E-state index contributed by atoms with van der Waals surface area (Å²) in [6.07, 6.45) is -1.95. The van der Waals surface area contributed by atoms with Crippen molar-refractivity contribution in [2.75, 3.05) is 13.1 Å². The fourth-order valence-corrected chi connectivity index (χ4v) is 2.82. The Balaban J connectivity index is 2.05. The van der Waals surface area contributed by atoms with E-state index in [0.717, 1.165) is 43.5 Å². The van der Waals surface area contributed by atoms with Crippen LogP contribution in [0.4, 0.5) is 13.2 Å². The lowest BCUT2D eigenvalue weighted by molar-refractivity contribution is -0.137. The van der Waals surface area contributed by atoms with E-state index in [4.69, 9.17) is 0 Å². The highest BCUT2D eigenvalue weighted by Gasteiger charge is 2.30. The molecular weight excluding hydrogens is 319 g/mol. The van der Waals surface area contributed by atoms with E-state index in [1.807, 2.05) is 0 Å². The van der Waals surface area contributed by atoms with Crippen LogP contribution in [0.1, 0.15) is 30.9 Å². The van der Waals surface area contributed by atoms with Crippen molar-refractivity contribution in [1.82, 2.24) is 4.90 Å². The van der Waals surface area contributed by atoms with Crippen molar-refractivity contribution in [2.24, 2.45) is 5.92 Å². The van der Waals surface area contributed by atoms with Crippen LogP contribution in [0, 0.1) is 5.92 Å². The number of benzene rings is 1. The van der Waals surface area contributed by atoms with Gasteiger partial charge in [0, 0.05) is 11.0 Å². The molecule has 0 bridgehead atoms. The van der Waals surface area contributed by atoms with E-state index >= 15 is 0 Å². The van der Waals surface area contributed by atoms with Crippen molar-refractivity contribution in [3.05, 3.63) is 33.8 Å². The molecule has 106 valence electrons. The molecule has 0 atom stereocenters. The molecular formula is C14H17BrF3N. The molecule has 1 heterocycles. The van der Waals surface area contributed by atoms with E-state index < -0.39 is 11.7 Å². The molecule has 2 rings (SSSR count). The average molecular weight is 336 g/mol. The first kappa shape index (κ1) is 14.9. The minimum atomic E-state index is -4.28. The van der Waals surface area contributed by atoms with Crippen molar-refractivity contribution in [1.29, 1.82) is 0 Å². The topological polar surface area (TPSA) is 3.24 Å². The zero-order valence-corrected chi connectivity index (χ0v) is 12.4. The molecule has 0 spiro atoms. The van der Waals surface area contributed by atoms with Crippen LogP contribution >= 0.6 is 15.9 Å². The first-order valence-electron chi connectivity index (χ1n) is 6.44. The van der Waals surface area contributed by atoms with E-state index in [0.29, 0.717) is 11.0 Å². The van der Waals surface area contributed by atoms with Gasteiger partial charge < -0.3 is 0 Å². The largest absolute Gasteiger partial charge is 0.416 e. The predicted molar refractivity (Wildman–Crippen MR) is 72.8 cm³/mol. The van der Waals surface area contributed by atoms with Crippen molar-refractivity contribution in [2.45, 2.75) is 32.5 Å². The monoisotopic (exact) mass is 335 g/mol. The van der Waals surface area contributed by atoms with E-state index in [-0.39, 0.29) is 0 Å². The van der Waals surface area contributed by atoms with Crippen molar-refractivity contribution in [3.63, 3.8) is 0 Å². The molecule has 1 aliphatic heterocycles. The van der Waals surface area contributed by atoms with Crippen LogP contribution in [0.15, 0.2) is 22.7 Å². The summed E-state index contributed by atoms with van der Waals surface area (Å²) in [5.74, 6) is 0.757. The first-order valence-corrected chi connectivity index (χ1v) is 7.23. The number of alkyl halides is 3. The highest BCUT2D eigenvalue weighted by Crippen LogP contribution is 2.32. The minimum absolute atomic E-state index is 0.543. The molecule has 1 aromatic carbocycles. The van der Waals surface area contributed by atoms with Crippen molar-refractivity contribution < 1.29 is 13.2 Å². The summed E-state index contributed by atoms with van der Waals surface area (Å²) in [6, 6.07) is 3.90. The zero-order chi connectivity index (χ0) is 14.0. The third-order valence-corrected chi connectivity index (χ3v) is 4.39. The maximum atomic E-state index is 12.6. The van der Waals surface area contributed by atoms with Crippen molar-refractivity contribution in [3.8, 4) is 0 Å². The first-order chi connectivity index (χ1) is 8.86. The van der Waals surface area contributed by atoms with E-state index in [9.17, 15) is 13.2 Å². The van der Waals surface area contributed by atoms with Crippen LogP contribution in [0.3, 0.4) is 0 Å². The molecule has 0 saturated carbocycles. The van der Waals surface area contributed by atoms with Crippen LogP contribution in [-0.4, -0.2) is 18.0 Å². The van der Waals surface area contributed by atoms with Gasteiger partial charge in [-0.1, -0.05) is 28.9 Å². The Morgan fingerprint density at radius 2 is 1.89 bits per heavy atom. The number of hydrogen-bond donors (Lipinski definition) is 0. The van der Waals surface area contributed by atoms with E-state index in [1.165, 1.54) is 6.07 Å².